The van der Waals surface area contributed by atoms with Gasteiger partial charge in [-0.1, -0.05) is 0 Å². The summed E-state index contributed by atoms with van der Waals surface area (Å²) >= 11 is 0. The van der Waals surface area contributed by atoms with Crippen LogP contribution in [0.2, 0.25) is 0 Å². The standard InChI is InChI=1S/C14H20N2O3/c1-9-5-12(18-3)13(19-4)7-11(9)16-8-10(15-2)6-14(16)17/h5,7,10,15H,6,8H2,1-4H3. The summed E-state index contributed by atoms with van der Waals surface area (Å²) in [6.45, 7) is 2.66. The molecule has 19 heavy (non-hydrogen) atoms. The van der Waals surface area contributed by atoms with Gasteiger partial charge >= 0.3 is 0 Å². The second kappa shape index (κ2) is 5.48. The van der Waals surface area contributed by atoms with Crippen molar-refractivity contribution in [2.75, 3.05) is 32.7 Å². The van der Waals surface area contributed by atoms with E-state index in [2.05, 4.69) is 5.32 Å². The molecule has 104 valence electrons. The van der Waals surface area contributed by atoms with Crippen molar-refractivity contribution in [3.05, 3.63) is 17.7 Å². The minimum atomic E-state index is 0.134. The highest BCUT2D eigenvalue weighted by Gasteiger charge is 2.30. The molecule has 0 radical (unpaired) electrons. The Bertz CT molecular complexity index is 488. The highest BCUT2D eigenvalue weighted by atomic mass is 16.5. The lowest BCUT2D eigenvalue weighted by Gasteiger charge is -2.21. The minimum absolute atomic E-state index is 0.134. The van der Waals surface area contributed by atoms with Crippen molar-refractivity contribution in [3.63, 3.8) is 0 Å². The number of rotatable bonds is 4. The van der Waals surface area contributed by atoms with Crippen LogP contribution in [0.25, 0.3) is 0 Å². The van der Waals surface area contributed by atoms with Crippen molar-refractivity contribution in [3.8, 4) is 11.5 Å². The molecule has 1 saturated heterocycles. The van der Waals surface area contributed by atoms with Crippen molar-refractivity contribution in [1.82, 2.24) is 5.32 Å². The summed E-state index contributed by atoms with van der Waals surface area (Å²) in [5.41, 5.74) is 1.89. The molecular weight excluding hydrogens is 244 g/mol. The molecule has 1 N–H and O–H groups in total. The van der Waals surface area contributed by atoms with E-state index in [0.717, 1.165) is 11.3 Å². The molecule has 1 aromatic rings. The molecule has 1 fully saturated rings. The average Bonchev–Trinajstić information content (AvgIpc) is 2.79. The number of methoxy groups -OCH3 is 2. The largest absolute Gasteiger partial charge is 0.493 e. The quantitative estimate of drug-likeness (QED) is 0.891. The molecule has 0 aromatic heterocycles. The monoisotopic (exact) mass is 264 g/mol. The fourth-order valence-corrected chi connectivity index (χ4v) is 2.39. The fourth-order valence-electron chi connectivity index (χ4n) is 2.39. The maximum absolute atomic E-state index is 12.1. The van der Waals surface area contributed by atoms with Gasteiger partial charge in [0.2, 0.25) is 5.91 Å². The second-order valence-corrected chi connectivity index (χ2v) is 4.69. The van der Waals surface area contributed by atoms with Crippen LogP contribution in [-0.4, -0.2) is 39.8 Å². The van der Waals surface area contributed by atoms with Gasteiger partial charge in [0.1, 0.15) is 0 Å². The van der Waals surface area contributed by atoms with Crippen LogP contribution in [0.1, 0.15) is 12.0 Å². The maximum Gasteiger partial charge on any atom is 0.228 e. The van der Waals surface area contributed by atoms with E-state index in [1.807, 2.05) is 26.1 Å². The van der Waals surface area contributed by atoms with Crippen molar-refractivity contribution in [2.24, 2.45) is 0 Å². The predicted molar refractivity (Wildman–Crippen MR) is 74.1 cm³/mol. The molecule has 1 amide bonds. The number of hydrogen-bond donors (Lipinski definition) is 1. The Labute approximate surface area is 113 Å². The first-order valence-electron chi connectivity index (χ1n) is 6.31. The number of nitrogens with zero attached hydrogens (tertiary/aromatic N) is 1. The molecule has 1 aromatic carbocycles. The van der Waals surface area contributed by atoms with Gasteiger partial charge in [0, 0.05) is 25.1 Å². The summed E-state index contributed by atoms with van der Waals surface area (Å²) in [4.78, 5) is 13.9. The van der Waals surface area contributed by atoms with E-state index >= 15 is 0 Å². The van der Waals surface area contributed by atoms with Crippen LogP contribution in [-0.2, 0) is 4.79 Å². The van der Waals surface area contributed by atoms with Crippen molar-refractivity contribution < 1.29 is 14.3 Å². The first-order chi connectivity index (χ1) is 9.10. The van der Waals surface area contributed by atoms with E-state index in [1.165, 1.54) is 0 Å². The normalized spacial score (nSPS) is 18.8. The Hall–Kier alpha value is -1.75. The van der Waals surface area contributed by atoms with E-state index in [9.17, 15) is 4.79 Å². The van der Waals surface area contributed by atoms with E-state index in [0.29, 0.717) is 24.5 Å². The number of ether oxygens (including phenoxy) is 2. The zero-order valence-corrected chi connectivity index (χ0v) is 11.8. The van der Waals surface area contributed by atoms with E-state index < -0.39 is 0 Å². The van der Waals surface area contributed by atoms with Crippen molar-refractivity contribution in [2.45, 2.75) is 19.4 Å². The fraction of sp³-hybridized carbons (Fsp3) is 0.500. The Kier molecular flexibility index (Phi) is 3.95. The smallest absolute Gasteiger partial charge is 0.228 e. The highest BCUT2D eigenvalue weighted by Crippen LogP contribution is 2.36. The predicted octanol–water partition coefficient (Wildman–Crippen LogP) is 1.34. The Balaban J connectivity index is 2.37. The summed E-state index contributed by atoms with van der Waals surface area (Å²) in [5.74, 6) is 1.46. The number of carbonyl (C=O) groups excluding carboxylic acids is 1. The summed E-state index contributed by atoms with van der Waals surface area (Å²) in [6, 6.07) is 3.97. The molecule has 1 unspecified atom stereocenters. The lowest BCUT2D eigenvalue weighted by atomic mass is 10.1. The van der Waals surface area contributed by atoms with Crippen molar-refractivity contribution in [1.29, 1.82) is 0 Å². The van der Waals surface area contributed by atoms with E-state index in [-0.39, 0.29) is 11.9 Å². The molecule has 0 aliphatic carbocycles. The number of hydrogen-bond acceptors (Lipinski definition) is 4. The number of amides is 1. The zero-order valence-electron chi connectivity index (χ0n) is 11.8. The van der Waals surface area contributed by atoms with Gasteiger partial charge in [-0.15, -0.1) is 0 Å². The van der Waals surface area contributed by atoms with Gasteiger partial charge in [-0.05, 0) is 25.6 Å². The SMILES string of the molecule is CNC1CC(=O)N(c2cc(OC)c(OC)cc2C)C1. The Morgan fingerprint density at radius 2 is 1.89 bits per heavy atom. The first-order valence-corrected chi connectivity index (χ1v) is 6.31. The van der Waals surface area contributed by atoms with Crippen LogP contribution in [0.3, 0.4) is 0 Å². The topological polar surface area (TPSA) is 50.8 Å². The lowest BCUT2D eigenvalue weighted by molar-refractivity contribution is -0.117. The van der Waals surface area contributed by atoms with Gasteiger partial charge in [0.05, 0.1) is 19.9 Å². The summed E-state index contributed by atoms with van der Waals surface area (Å²) in [6.07, 6.45) is 0.532. The molecular formula is C14H20N2O3. The number of carbonyl (C=O) groups is 1. The van der Waals surface area contributed by atoms with Crippen LogP contribution in [0.4, 0.5) is 5.69 Å². The van der Waals surface area contributed by atoms with Crippen molar-refractivity contribution >= 4 is 11.6 Å². The molecule has 0 bridgehead atoms. The van der Waals surface area contributed by atoms with Crippen LogP contribution in [0.5, 0.6) is 11.5 Å². The lowest BCUT2D eigenvalue weighted by Crippen LogP contribution is -2.30. The molecule has 0 saturated carbocycles. The zero-order chi connectivity index (χ0) is 14.0. The van der Waals surface area contributed by atoms with Gasteiger partial charge in [-0.3, -0.25) is 4.79 Å². The number of benzene rings is 1. The van der Waals surface area contributed by atoms with E-state index in [4.69, 9.17) is 9.47 Å². The average molecular weight is 264 g/mol. The van der Waals surface area contributed by atoms with Gasteiger partial charge < -0.3 is 19.7 Å². The number of anilines is 1. The number of nitrogens with one attached hydrogen (secondary N) is 1. The summed E-state index contributed by atoms with van der Waals surface area (Å²) in [5, 5.41) is 3.15. The molecule has 5 heteroatoms. The molecule has 0 spiro atoms. The first kappa shape index (κ1) is 13.7. The van der Waals surface area contributed by atoms with Gasteiger partial charge in [0.15, 0.2) is 11.5 Å². The third kappa shape index (κ3) is 2.51. The third-order valence-corrected chi connectivity index (χ3v) is 3.53. The Morgan fingerprint density at radius 3 is 2.42 bits per heavy atom. The van der Waals surface area contributed by atoms with Gasteiger partial charge in [0.25, 0.3) is 0 Å². The number of likely N-dealkylation sites (N-methyl/N-ethyl adjacent to an activating group) is 1. The van der Waals surface area contributed by atoms with Gasteiger partial charge in [-0.2, -0.15) is 0 Å². The molecule has 1 atom stereocenters. The molecule has 1 aliphatic heterocycles. The Morgan fingerprint density at radius 1 is 1.26 bits per heavy atom. The molecule has 1 heterocycles. The molecule has 1 aliphatic rings. The third-order valence-electron chi connectivity index (χ3n) is 3.53. The number of aryl methyl sites for hydroxylation is 1. The minimum Gasteiger partial charge on any atom is -0.493 e. The molecule has 2 rings (SSSR count). The van der Waals surface area contributed by atoms with E-state index in [1.54, 1.807) is 19.1 Å². The van der Waals surface area contributed by atoms with Crippen LogP contribution < -0.4 is 19.7 Å². The van der Waals surface area contributed by atoms with Crippen LogP contribution in [0.15, 0.2) is 12.1 Å². The highest BCUT2D eigenvalue weighted by molar-refractivity contribution is 5.97. The maximum atomic E-state index is 12.1. The van der Waals surface area contributed by atoms with Crippen LogP contribution >= 0.6 is 0 Å². The van der Waals surface area contributed by atoms with Gasteiger partial charge in [-0.25, -0.2) is 0 Å². The summed E-state index contributed by atoms with van der Waals surface area (Å²) < 4.78 is 10.6. The summed E-state index contributed by atoms with van der Waals surface area (Å²) in [7, 11) is 5.08. The van der Waals surface area contributed by atoms with Crippen LogP contribution in [0, 0.1) is 6.92 Å². The second-order valence-electron chi connectivity index (χ2n) is 4.69. The molecule has 5 nitrogen and oxygen atoms in total.